The van der Waals surface area contributed by atoms with Gasteiger partial charge in [-0.2, -0.15) is 0 Å². The van der Waals surface area contributed by atoms with Crippen molar-refractivity contribution in [2.24, 2.45) is 0 Å². The molecule has 7 nitrogen and oxygen atoms in total. The molecule has 0 saturated carbocycles. The Hall–Kier alpha value is -3.46. The Morgan fingerprint density at radius 1 is 1.15 bits per heavy atom. The fourth-order valence-corrected chi connectivity index (χ4v) is 4.71. The Kier molecular flexibility index (Phi) is 6.88. The molecule has 172 valence electrons. The van der Waals surface area contributed by atoms with E-state index < -0.39 is 5.82 Å². The zero-order valence-corrected chi connectivity index (χ0v) is 19.2. The molecule has 2 aromatic heterocycles. The number of nitrogens with one attached hydrogen (secondary N) is 1. The van der Waals surface area contributed by atoms with Crippen LogP contribution in [0.4, 0.5) is 4.39 Å². The van der Waals surface area contributed by atoms with Gasteiger partial charge in [0.2, 0.25) is 5.91 Å². The van der Waals surface area contributed by atoms with Gasteiger partial charge < -0.3 is 14.8 Å². The number of amides is 1. The van der Waals surface area contributed by atoms with Crippen LogP contribution in [-0.2, 0) is 17.8 Å². The summed E-state index contributed by atoms with van der Waals surface area (Å²) in [5.74, 6) is 0.647. The third-order valence-electron chi connectivity index (χ3n) is 5.08. The molecule has 0 aliphatic rings. The zero-order valence-electron chi connectivity index (χ0n) is 18.4. The van der Waals surface area contributed by atoms with Crippen molar-refractivity contribution in [3.63, 3.8) is 0 Å². The zero-order chi connectivity index (χ0) is 23.4. The highest BCUT2D eigenvalue weighted by Gasteiger charge is 2.15. The highest BCUT2D eigenvalue weighted by molar-refractivity contribution is 7.25. The van der Waals surface area contributed by atoms with Gasteiger partial charge in [0, 0.05) is 11.2 Å². The number of nitrogens with zero attached hydrogens (tertiary/aromatic N) is 2. The summed E-state index contributed by atoms with van der Waals surface area (Å²) >= 11 is 1.18. The van der Waals surface area contributed by atoms with Crippen molar-refractivity contribution >= 4 is 37.5 Å². The molecular weight excluding hydrogens is 445 g/mol. The third-order valence-corrected chi connectivity index (χ3v) is 6.21. The number of halogens is 1. The Labute approximate surface area is 193 Å². The normalized spacial score (nSPS) is 11.1. The number of rotatable bonds is 9. The van der Waals surface area contributed by atoms with E-state index in [9.17, 15) is 14.0 Å². The van der Waals surface area contributed by atoms with Gasteiger partial charge >= 0.3 is 0 Å². The van der Waals surface area contributed by atoms with E-state index in [-0.39, 0.29) is 18.0 Å². The molecular formula is C24H24FN3O4S. The van der Waals surface area contributed by atoms with Crippen molar-refractivity contribution in [3.8, 4) is 11.5 Å². The largest absolute Gasteiger partial charge is 0.490 e. The molecule has 0 spiro atoms. The molecule has 4 aromatic rings. The first kappa shape index (κ1) is 22.7. The summed E-state index contributed by atoms with van der Waals surface area (Å²) < 4.78 is 27.6. The molecule has 0 aliphatic carbocycles. The molecule has 0 saturated heterocycles. The Morgan fingerprint density at radius 3 is 2.73 bits per heavy atom. The average molecular weight is 470 g/mol. The van der Waals surface area contributed by atoms with Gasteiger partial charge in [0.05, 0.1) is 30.4 Å². The molecule has 2 heterocycles. The van der Waals surface area contributed by atoms with Crippen LogP contribution in [0.1, 0.15) is 19.4 Å². The summed E-state index contributed by atoms with van der Waals surface area (Å²) in [6.45, 7) is 5.14. The topological polar surface area (TPSA) is 82.5 Å². The molecule has 1 amide bonds. The first-order valence-corrected chi connectivity index (χ1v) is 11.5. The maximum Gasteiger partial charge on any atom is 0.271 e. The van der Waals surface area contributed by atoms with Crippen LogP contribution in [0.3, 0.4) is 0 Å². The molecule has 4 rings (SSSR count). The van der Waals surface area contributed by atoms with Crippen LogP contribution in [0, 0.1) is 5.82 Å². The summed E-state index contributed by atoms with van der Waals surface area (Å²) in [5.41, 5.74) is 0.966. The van der Waals surface area contributed by atoms with Crippen molar-refractivity contribution in [3.05, 3.63) is 64.5 Å². The molecule has 0 aliphatic heterocycles. The van der Waals surface area contributed by atoms with Crippen molar-refractivity contribution in [1.82, 2.24) is 14.9 Å². The number of benzene rings is 2. The minimum Gasteiger partial charge on any atom is -0.490 e. The maximum atomic E-state index is 14.2. The molecule has 0 radical (unpaired) electrons. The van der Waals surface area contributed by atoms with E-state index in [4.69, 9.17) is 9.47 Å². The number of hydrogen-bond acceptors (Lipinski definition) is 6. The van der Waals surface area contributed by atoms with Crippen LogP contribution in [0.2, 0.25) is 0 Å². The SMILES string of the molecule is CCOc1ccc(CCNC(=O)Cn2cnc3c(sc4cccc(F)c43)c2=O)cc1OCC. The highest BCUT2D eigenvalue weighted by atomic mass is 32.1. The minimum atomic E-state index is -0.414. The second-order valence-corrected chi connectivity index (χ2v) is 8.37. The van der Waals surface area contributed by atoms with Gasteiger partial charge in [0.25, 0.3) is 5.56 Å². The third kappa shape index (κ3) is 4.83. The smallest absolute Gasteiger partial charge is 0.271 e. The monoisotopic (exact) mass is 469 g/mol. The maximum absolute atomic E-state index is 14.2. The fraction of sp³-hybridized carbons (Fsp3) is 0.292. The lowest BCUT2D eigenvalue weighted by Crippen LogP contribution is -2.33. The number of hydrogen-bond donors (Lipinski definition) is 1. The molecule has 33 heavy (non-hydrogen) atoms. The summed E-state index contributed by atoms with van der Waals surface area (Å²) in [7, 11) is 0. The predicted octanol–water partition coefficient (Wildman–Crippen LogP) is 3.91. The second kappa shape index (κ2) is 9.99. The van der Waals surface area contributed by atoms with E-state index in [1.54, 1.807) is 12.1 Å². The van der Waals surface area contributed by atoms with Crippen LogP contribution in [0.5, 0.6) is 11.5 Å². The first-order valence-electron chi connectivity index (χ1n) is 10.7. The van der Waals surface area contributed by atoms with Crippen LogP contribution in [0.15, 0.2) is 47.5 Å². The van der Waals surface area contributed by atoms with Crippen molar-refractivity contribution in [2.75, 3.05) is 19.8 Å². The summed E-state index contributed by atoms with van der Waals surface area (Å²) in [4.78, 5) is 29.5. The van der Waals surface area contributed by atoms with E-state index in [0.29, 0.717) is 58.0 Å². The van der Waals surface area contributed by atoms with Gasteiger partial charge in [-0.3, -0.25) is 14.2 Å². The lowest BCUT2D eigenvalue weighted by Gasteiger charge is -2.13. The van der Waals surface area contributed by atoms with Gasteiger partial charge in [0.1, 0.15) is 17.1 Å². The Bertz CT molecular complexity index is 1370. The van der Waals surface area contributed by atoms with Crippen LogP contribution < -0.4 is 20.3 Å². The number of thiophene rings is 1. The summed E-state index contributed by atoms with van der Waals surface area (Å²) in [6.07, 6.45) is 1.89. The molecule has 0 unspecified atom stereocenters. The standard InChI is InChI=1S/C24H24FN3O4S/c1-3-31-17-9-8-15(12-18(17)32-4-2)10-11-26-20(29)13-28-14-27-22-21-16(25)6-5-7-19(21)33-23(22)24(28)30/h5-9,12,14H,3-4,10-11,13H2,1-2H3,(H,26,29). The van der Waals surface area contributed by atoms with Crippen LogP contribution in [0.25, 0.3) is 20.3 Å². The average Bonchev–Trinajstić information content (AvgIpc) is 3.18. The Morgan fingerprint density at radius 2 is 1.94 bits per heavy atom. The minimum absolute atomic E-state index is 0.161. The van der Waals surface area contributed by atoms with E-state index >= 15 is 0 Å². The number of carbonyl (C=O) groups excluding carboxylic acids is 1. The molecule has 0 fully saturated rings. The summed E-state index contributed by atoms with van der Waals surface area (Å²) in [6, 6.07) is 10.4. The predicted molar refractivity (Wildman–Crippen MR) is 127 cm³/mol. The van der Waals surface area contributed by atoms with Gasteiger partial charge in [-0.25, -0.2) is 9.37 Å². The Balaban J connectivity index is 1.42. The second-order valence-electron chi connectivity index (χ2n) is 7.32. The van der Waals surface area contributed by atoms with Crippen molar-refractivity contribution < 1.29 is 18.7 Å². The van der Waals surface area contributed by atoms with Crippen LogP contribution >= 0.6 is 11.3 Å². The number of ether oxygens (including phenoxy) is 2. The van der Waals surface area contributed by atoms with Crippen LogP contribution in [-0.4, -0.2) is 35.2 Å². The van der Waals surface area contributed by atoms with E-state index in [2.05, 4.69) is 10.3 Å². The molecule has 1 N–H and O–H groups in total. The molecule has 0 bridgehead atoms. The highest BCUT2D eigenvalue weighted by Crippen LogP contribution is 2.32. The van der Waals surface area contributed by atoms with E-state index in [0.717, 1.165) is 5.56 Å². The van der Waals surface area contributed by atoms with Gasteiger partial charge in [-0.1, -0.05) is 12.1 Å². The lowest BCUT2D eigenvalue weighted by molar-refractivity contribution is -0.121. The lowest BCUT2D eigenvalue weighted by atomic mass is 10.1. The number of aromatic nitrogens is 2. The van der Waals surface area contributed by atoms with Crippen molar-refractivity contribution in [2.45, 2.75) is 26.8 Å². The molecule has 9 heteroatoms. The van der Waals surface area contributed by atoms with Gasteiger partial charge in [0.15, 0.2) is 11.5 Å². The van der Waals surface area contributed by atoms with Gasteiger partial charge in [-0.15, -0.1) is 11.3 Å². The number of fused-ring (bicyclic) bond motifs is 3. The first-order chi connectivity index (χ1) is 16.0. The fourth-order valence-electron chi connectivity index (χ4n) is 3.59. The van der Waals surface area contributed by atoms with Gasteiger partial charge in [-0.05, 0) is 50.1 Å². The number of carbonyl (C=O) groups is 1. The molecule has 0 atom stereocenters. The summed E-state index contributed by atoms with van der Waals surface area (Å²) in [5, 5.41) is 3.17. The van der Waals surface area contributed by atoms with E-state index in [1.165, 1.54) is 28.3 Å². The molecule has 2 aromatic carbocycles. The van der Waals surface area contributed by atoms with Crippen molar-refractivity contribution in [1.29, 1.82) is 0 Å². The van der Waals surface area contributed by atoms with E-state index in [1.807, 2.05) is 32.0 Å². The quantitative estimate of drug-likeness (QED) is 0.402.